The Balaban J connectivity index is 2.37. The van der Waals surface area contributed by atoms with Crippen LogP contribution in [0.25, 0.3) is 0 Å². The van der Waals surface area contributed by atoms with Gasteiger partial charge in [-0.15, -0.1) is 0 Å². The maximum atomic E-state index is 12.6. The van der Waals surface area contributed by atoms with Gasteiger partial charge in [-0.05, 0) is 68.0 Å². The van der Waals surface area contributed by atoms with Crippen molar-refractivity contribution in [2.24, 2.45) is 0 Å². The van der Waals surface area contributed by atoms with Crippen LogP contribution in [0, 0.1) is 27.7 Å². The lowest BCUT2D eigenvalue weighted by molar-refractivity contribution is 0.102. The number of amides is 1. The van der Waals surface area contributed by atoms with E-state index in [0.29, 0.717) is 0 Å². The molecule has 0 spiro atoms. The maximum absolute atomic E-state index is 12.6. The van der Waals surface area contributed by atoms with Crippen LogP contribution in [0.15, 0.2) is 30.3 Å². The van der Waals surface area contributed by atoms with E-state index in [1.165, 1.54) is 11.1 Å². The summed E-state index contributed by atoms with van der Waals surface area (Å²) in [5.74, 6) is -0.0281. The van der Waals surface area contributed by atoms with Crippen LogP contribution in [0.2, 0.25) is 0 Å². The summed E-state index contributed by atoms with van der Waals surface area (Å²) in [6.45, 7) is 10.2. The standard InChI is InChI=1S/C19H23NO/c1-6-16-9-7-8-12(2)18(16)20-19(21)17-11-14(4)13(3)10-15(17)5/h7-11H,6H2,1-5H3,(H,20,21). The van der Waals surface area contributed by atoms with E-state index in [2.05, 4.69) is 31.3 Å². The maximum Gasteiger partial charge on any atom is 0.255 e. The lowest BCUT2D eigenvalue weighted by Crippen LogP contribution is -2.16. The highest BCUT2D eigenvalue weighted by molar-refractivity contribution is 6.06. The van der Waals surface area contributed by atoms with E-state index < -0.39 is 0 Å². The molecule has 2 aromatic rings. The number of nitrogens with one attached hydrogen (secondary N) is 1. The Morgan fingerprint density at radius 2 is 1.62 bits per heavy atom. The molecule has 21 heavy (non-hydrogen) atoms. The molecular formula is C19H23NO. The van der Waals surface area contributed by atoms with Gasteiger partial charge in [0, 0.05) is 11.3 Å². The van der Waals surface area contributed by atoms with E-state index >= 15 is 0 Å². The summed E-state index contributed by atoms with van der Waals surface area (Å²) in [5, 5.41) is 3.09. The number of rotatable bonds is 3. The van der Waals surface area contributed by atoms with E-state index in [-0.39, 0.29) is 5.91 Å². The minimum atomic E-state index is -0.0281. The molecule has 2 rings (SSSR count). The molecule has 110 valence electrons. The fraction of sp³-hybridized carbons (Fsp3) is 0.316. The molecule has 0 aliphatic carbocycles. The van der Waals surface area contributed by atoms with Gasteiger partial charge in [0.25, 0.3) is 5.91 Å². The van der Waals surface area contributed by atoms with Crippen LogP contribution >= 0.6 is 0 Å². The highest BCUT2D eigenvalue weighted by Crippen LogP contribution is 2.23. The van der Waals surface area contributed by atoms with Crippen molar-refractivity contribution in [3.05, 3.63) is 63.7 Å². The third kappa shape index (κ3) is 3.15. The molecule has 2 heteroatoms. The summed E-state index contributed by atoms with van der Waals surface area (Å²) in [6.07, 6.45) is 0.906. The molecule has 0 fully saturated rings. The Kier molecular flexibility index (Phi) is 4.46. The second-order valence-corrected chi connectivity index (χ2v) is 5.67. The molecule has 0 heterocycles. The molecule has 1 amide bonds. The molecule has 0 radical (unpaired) electrons. The summed E-state index contributed by atoms with van der Waals surface area (Å²) in [5.41, 5.74) is 7.35. The number of anilines is 1. The van der Waals surface area contributed by atoms with Crippen molar-refractivity contribution in [3.8, 4) is 0 Å². The summed E-state index contributed by atoms with van der Waals surface area (Å²) < 4.78 is 0. The molecule has 0 bridgehead atoms. The SMILES string of the molecule is CCc1cccc(C)c1NC(=O)c1cc(C)c(C)cc1C. The van der Waals surface area contributed by atoms with Gasteiger partial charge >= 0.3 is 0 Å². The van der Waals surface area contributed by atoms with Gasteiger partial charge < -0.3 is 5.32 Å². The van der Waals surface area contributed by atoms with Crippen molar-refractivity contribution in [1.29, 1.82) is 0 Å². The Morgan fingerprint density at radius 3 is 2.29 bits per heavy atom. The molecule has 2 nitrogen and oxygen atoms in total. The predicted molar refractivity (Wildman–Crippen MR) is 89.2 cm³/mol. The van der Waals surface area contributed by atoms with Gasteiger partial charge in [-0.25, -0.2) is 0 Å². The zero-order valence-corrected chi connectivity index (χ0v) is 13.5. The Hall–Kier alpha value is -2.09. The Labute approximate surface area is 127 Å². The minimum absolute atomic E-state index is 0.0281. The van der Waals surface area contributed by atoms with Crippen molar-refractivity contribution in [2.45, 2.75) is 41.0 Å². The third-order valence-corrected chi connectivity index (χ3v) is 4.06. The zero-order chi connectivity index (χ0) is 15.6. The number of carbonyl (C=O) groups excluding carboxylic acids is 1. The third-order valence-electron chi connectivity index (χ3n) is 4.06. The van der Waals surface area contributed by atoms with Gasteiger partial charge in [0.2, 0.25) is 0 Å². The average Bonchev–Trinajstić information content (AvgIpc) is 2.44. The average molecular weight is 281 g/mol. The molecule has 0 aromatic heterocycles. The number of aryl methyl sites for hydroxylation is 5. The molecular weight excluding hydrogens is 258 g/mol. The van der Waals surface area contributed by atoms with Crippen LogP contribution in [0.4, 0.5) is 5.69 Å². The molecule has 0 saturated carbocycles. The summed E-state index contributed by atoms with van der Waals surface area (Å²) >= 11 is 0. The van der Waals surface area contributed by atoms with Crippen LogP contribution in [-0.2, 0) is 6.42 Å². The first-order chi connectivity index (χ1) is 9.93. The van der Waals surface area contributed by atoms with Gasteiger partial charge in [0.1, 0.15) is 0 Å². The Morgan fingerprint density at radius 1 is 0.952 bits per heavy atom. The molecule has 0 aliphatic heterocycles. The van der Waals surface area contributed by atoms with E-state index in [1.54, 1.807) is 0 Å². The van der Waals surface area contributed by atoms with Crippen molar-refractivity contribution < 1.29 is 4.79 Å². The van der Waals surface area contributed by atoms with Gasteiger partial charge in [0.05, 0.1) is 0 Å². The lowest BCUT2D eigenvalue weighted by atomic mass is 9.99. The van der Waals surface area contributed by atoms with E-state index in [9.17, 15) is 4.79 Å². The zero-order valence-electron chi connectivity index (χ0n) is 13.5. The highest BCUT2D eigenvalue weighted by atomic mass is 16.1. The smallest absolute Gasteiger partial charge is 0.255 e. The van der Waals surface area contributed by atoms with Gasteiger partial charge in [-0.1, -0.05) is 31.2 Å². The molecule has 0 unspecified atom stereocenters. The number of carbonyl (C=O) groups is 1. The first-order valence-electron chi connectivity index (χ1n) is 7.41. The predicted octanol–water partition coefficient (Wildman–Crippen LogP) is 4.73. The molecule has 0 aliphatic rings. The first kappa shape index (κ1) is 15.3. The van der Waals surface area contributed by atoms with Gasteiger partial charge in [-0.2, -0.15) is 0 Å². The number of para-hydroxylation sites is 1. The van der Waals surface area contributed by atoms with Crippen molar-refractivity contribution in [1.82, 2.24) is 0 Å². The summed E-state index contributed by atoms with van der Waals surface area (Å²) in [7, 11) is 0. The fourth-order valence-corrected chi connectivity index (χ4v) is 2.59. The van der Waals surface area contributed by atoms with Crippen molar-refractivity contribution in [3.63, 3.8) is 0 Å². The monoisotopic (exact) mass is 281 g/mol. The van der Waals surface area contributed by atoms with Crippen LogP contribution < -0.4 is 5.32 Å². The largest absolute Gasteiger partial charge is 0.321 e. The van der Waals surface area contributed by atoms with E-state index in [1.807, 2.05) is 39.0 Å². The van der Waals surface area contributed by atoms with Gasteiger partial charge in [0.15, 0.2) is 0 Å². The molecule has 2 aromatic carbocycles. The summed E-state index contributed by atoms with van der Waals surface area (Å²) in [4.78, 5) is 12.6. The topological polar surface area (TPSA) is 29.1 Å². The Bertz CT molecular complexity index is 686. The van der Waals surface area contributed by atoms with Crippen LogP contribution in [-0.4, -0.2) is 5.91 Å². The quantitative estimate of drug-likeness (QED) is 0.865. The molecule has 1 N–H and O–H groups in total. The number of hydrogen-bond donors (Lipinski definition) is 1. The highest BCUT2D eigenvalue weighted by Gasteiger charge is 2.13. The van der Waals surface area contributed by atoms with Crippen molar-refractivity contribution >= 4 is 11.6 Å². The minimum Gasteiger partial charge on any atom is -0.321 e. The van der Waals surface area contributed by atoms with Crippen LogP contribution in [0.1, 0.15) is 45.1 Å². The molecule has 0 atom stereocenters. The second-order valence-electron chi connectivity index (χ2n) is 5.67. The first-order valence-corrected chi connectivity index (χ1v) is 7.41. The number of benzene rings is 2. The van der Waals surface area contributed by atoms with Crippen LogP contribution in [0.5, 0.6) is 0 Å². The molecule has 0 saturated heterocycles. The fourth-order valence-electron chi connectivity index (χ4n) is 2.59. The lowest BCUT2D eigenvalue weighted by Gasteiger charge is -2.15. The van der Waals surface area contributed by atoms with Crippen molar-refractivity contribution in [2.75, 3.05) is 5.32 Å². The van der Waals surface area contributed by atoms with E-state index in [4.69, 9.17) is 0 Å². The normalized spacial score (nSPS) is 10.5. The van der Waals surface area contributed by atoms with Crippen LogP contribution in [0.3, 0.4) is 0 Å². The second kappa shape index (κ2) is 6.13. The summed E-state index contributed by atoms with van der Waals surface area (Å²) in [6, 6.07) is 10.2. The van der Waals surface area contributed by atoms with E-state index in [0.717, 1.165) is 34.4 Å². The van der Waals surface area contributed by atoms with Gasteiger partial charge in [-0.3, -0.25) is 4.79 Å². The number of hydrogen-bond acceptors (Lipinski definition) is 1.